The van der Waals surface area contributed by atoms with Crippen LogP contribution >= 0.6 is 0 Å². The third-order valence-electron chi connectivity index (χ3n) is 3.26. The Balaban J connectivity index is 2.34. The molecule has 3 nitrogen and oxygen atoms in total. The van der Waals surface area contributed by atoms with Gasteiger partial charge in [-0.05, 0) is 37.0 Å². The Labute approximate surface area is 117 Å². The number of benzene rings is 1. The number of unbranched alkanes of at least 4 members (excludes halogenated alkanes) is 1. The second kappa shape index (κ2) is 9.82. The van der Waals surface area contributed by atoms with Crippen molar-refractivity contribution in [1.29, 1.82) is 0 Å². The first kappa shape index (κ1) is 16.0. The van der Waals surface area contributed by atoms with Gasteiger partial charge >= 0.3 is 0 Å². The van der Waals surface area contributed by atoms with Gasteiger partial charge < -0.3 is 15.2 Å². The van der Waals surface area contributed by atoms with Crippen LogP contribution < -0.4 is 10.1 Å². The van der Waals surface area contributed by atoms with E-state index in [9.17, 15) is 0 Å². The van der Waals surface area contributed by atoms with Crippen LogP contribution in [0.25, 0.3) is 0 Å². The first-order chi connectivity index (χ1) is 9.30. The summed E-state index contributed by atoms with van der Waals surface area (Å²) < 4.78 is 5.63. The fourth-order valence-electron chi connectivity index (χ4n) is 1.91. The highest BCUT2D eigenvalue weighted by Gasteiger charge is 2.04. The largest absolute Gasteiger partial charge is 0.494 e. The van der Waals surface area contributed by atoms with Gasteiger partial charge in [-0.3, -0.25) is 0 Å². The van der Waals surface area contributed by atoms with E-state index in [2.05, 4.69) is 31.3 Å². The van der Waals surface area contributed by atoms with Gasteiger partial charge in [0.1, 0.15) is 5.75 Å². The number of ether oxygens (including phenoxy) is 1. The summed E-state index contributed by atoms with van der Waals surface area (Å²) in [6, 6.07) is 8.64. The van der Waals surface area contributed by atoms with Gasteiger partial charge in [-0.2, -0.15) is 0 Å². The van der Waals surface area contributed by atoms with Crippen LogP contribution in [0.4, 0.5) is 0 Å². The second-order valence-corrected chi connectivity index (χ2v) is 4.84. The standard InChI is InChI=1S/C16H27NO2/c1-3-5-12-19-16-8-6-14(7-9-16)13-17-15(4-2)10-11-18/h6-9,15,17-18H,3-5,10-13H2,1-2H3. The maximum atomic E-state index is 8.95. The number of aliphatic hydroxyl groups excluding tert-OH is 1. The fraction of sp³-hybridized carbons (Fsp3) is 0.625. The highest BCUT2D eigenvalue weighted by Crippen LogP contribution is 2.13. The monoisotopic (exact) mass is 265 g/mol. The Morgan fingerprint density at radius 1 is 1.21 bits per heavy atom. The van der Waals surface area contributed by atoms with Gasteiger partial charge in [0, 0.05) is 19.2 Å². The molecule has 0 saturated heterocycles. The topological polar surface area (TPSA) is 41.5 Å². The summed E-state index contributed by atoms with van der Waals surface area (Å²) in [5.41, 5.74) is 1.25. The van der Waals surface area contributed by atoms with Crippen molar-refractivity contribution in [3.63, 3.8) is 0 Å². The summed E-state index contributed by atoms with van der Waals surface area (Å²) in [6.07, 6.45) is 4.11. The van der Waals surface area contributed by atoms with Gasteiger partial charge in [0.2, 0.25) is 0 Å². The first-order valence-corrected chi connectivity index (χ1v) is 7.36. The molecular formula is C16H27NO2. The number of nitrogens with one attached hydrogen (secondary N) is 1. The molecule has 0 aliphatic rings. The van der Waals surface area contributed by atoms with E-state index >= 15 is 0 Å². The number of rotatable bonds is 10. The zero-order chi connectivity index (χ0) is 13.9. The fourth-order valence-corrected chi connectivity index (χ4v) is 1.91. The summed E-state index contributed by atoms with van der Waals surface area (Å²) in [5.74, 6) is 0.944. The Kier molecular flexibility index (Phi) is 8.26. The highest BCUT2D eigenvalue weighted by molar-refractivity contribution is 5.27. The van der Waals surface area contributed by atoms with Crippen molar-refractivity contribution < 1.29 is 9.84 Å². The third kappa shape index (κ3) is 6.60. The van der Waals surface area contributed by atoms with Gasteiger partial charge in [-0.1, -0.05) is 32.4 Å². The van der Waals surface area contributed by atoms with E-state index in [1.807, 2.05) is 12.1 Å². The van der Waals surface area contributed by atoms with Crippen LogP contribution in [-0.2, 0) is 6.54 Å². The van der Waals surface area contributed by atoms with Crippen LogP contribution in [0.3, 0.4) is 0 Å². The molecule has 0 heterocycles. The Hall–Kier alpha value is -1.06. The molecule has 0 bridgehead atoms. The molecule has 1 aromatic carbocycles. The second-order valence-electron chi connectivity index (χ2n) is 4.84. The van der Waals surface area contributed by atoms with Crippen LogP contribution in [0.2, 0.25) is 0 Å². The van der Waals surface area contributed by atoms with Gasteiger partial charge in [0.15, 0.2) is 0 Å². The average molecular weight is 265 g/mol. The molecule has 1 rings (SSSR count). The average Bonchev–Trinajstić information content (AvgIpc) is 2.45. The minimum absolute atomic E-state index is 0.246. The van der Waals surface area contributed by atoms with E-state index in [0.29, 0.717) is 6.04 Å². The summed E-state index contributed by atoms with van der Waals surface area (Å²) in [7, 11) is 0. The molecule has 0 amide bonds. The predicted molar refractivity (Wildman–Crippen MR) is 79.5 cm³/mol. The molecule has 0 aromatic heterocycles. The van der Waals surface area contributed by atoms with E-state index in [1.165, 1.54) is 5.56 Å². The zero-order valence-electron chi connectivity index (χ0n) is 12.2. The molecule has 1 atom stereocenters. The number of hydrogen-bond acceptors (Lipinski definition) is 3. The molecular weight excluding hydrogens is 238 g/mol. The lowest BCUT2D eigenvalue weighted by Gasteiger charge is -2.15. The summed E-state index contributed by atoms with van der Waals surface area (Å²) in [5, 5.41) is 12.4. The van der Waals surface area contributed by atoms with Gasteiger partial charge in [-0.25, -0.2) is 0 Å². The van der Waals surface area contributed by atoms with Crippen LogP contribution in [0.1, 0.15) is 45.1 Å². The smallest absolute Gasteiger partial charge is 0.119 e. The maximum absolute atomic E-state index is 8.95. The Morgan fingerprint density at radius 2 is 1.95 bits per heavy atom. The highest BCUT2D eigenvalue weighted by atomic mass is 16.5. The molecule has 0 radical (unpaired) electrons. The van der Waals surface area contributed by atoms with Crippen LogP contribution in [-0.4, -0.2) is 24.4 Å². The van der Waals surface area contributed by atoms with Crippen molar-refractivity contribution in [1.82, 2.24) is 5.32 Å². The minimum atomic E-state index is 0.246. The van der Waals surface area contributed by atoms with Crippen molar-refractivity contribution in [2.75, 3.05) is 13.2 Å². The van der Waals surface area contributed by atoms with Gasteiger partial charge in [0.25, 0.3) is 0 Å². The third-order valence-corrected chi connectivity index (χ3v) is 3.26. The normalized spacial score (nSPS) is 12.4. The molecule has 0 aliphatic heterocycles. The SMILES string of the molecule is CCCCOc1ccc(CNC(CC)CCO)cc1. The molecule has 2 N–H and O–H groups in total. The van der Waals surface area contributed by atoms with Crippen LogP contribution in [0.15, 0.2) is 24.3 Å². The van der Waals surface area contributed by atoms with Crippen molar-refractivity contribution in [2.24, 2.45) is 0 Å². The maximum Gasteiger partial charge on any atom is 0.119 e. The Morgan fingerprint density at radius 3 is 2.53 bits per heavy atom. The number of hydrogen-bond donors (Lipinski definition) is 2. The Bertz CT molecular complexity index is 324. The molecule has 1 unspecified atom stereocenters. The molecule has 0 aliphatic carbocycles. The van der Waals surface area contributed by atoms with Crippen molar-refractivity contribution >= 4 is 0 Å². The quantitative estimate of drug-likeness (QED) is 0.639. The predicted octanol–water partition coefficient (Wildman–Crippen LogP) is 3.12. The number of aliphatic hydroxyl groups is 1. The van der Waals surface area contributed by atoms with Crippen LogP contribution in [0, 0.1) is 0 Å². The summed E-state index contributed by atoms with van der Waals surface area (Å²) in [4.78, 5) is 0. The molecule has 0 saturated carbocycles. The zero-order valence-corrected chi connectivity index (χ0v) is 12.2. The van der Waals surface area contributed by atoms with Gasteiger partial charge in [0.05, 0.1) is 6.61 Å². The van der Waals surface area contributed by atoms with E-state index in [1.54, 1.807) is 0 Å². The molecule has 19 heavy (non-hydrogen) atoms. The van der Waals surface area contributed by atoms with E-state index in [-0.39, 0.29) is 6.61 Å². The molecule has 3 heteroatoms. The molecule has 108 valence electrons. The lowest BCUT2D eigenvalue weighted by Crippen LogP contribution is -2.28. The summed E-state index contributed by atoms with van der Waals surface area (Å²) >= 11 is 0. The van der Waals surface area contributed by atoms with Crippen molar-refractivity contribution in [3.05, 3.63) is 29.8 Å². The minimum Gasteiger partial charge on any atom is -0.494 e. The van der Waals surface area contributed by atoms with E-state index in [0.717, 1.165) is 44.6 Å². The van der Waals surface area contributed by atoms with E-state index in [4.69, 9.17) is 9.84 Å². The molecule has 1 aromatic rings. The lowest BCUT2D eigenvalue weighted by molar-refractivity contribution is 0.262. The molecule has 0 fully saturated rings. The summed E-state index contributed by atoms with van der Waals surface area (Å²) in [6.45, 7) is 6.18. The van der Waals surface area contributed by atoms with Crippen molar-refractivity contribution in [2.45, 2.75) is 52.1 Å². The van der Waals surface area contributed by atoms with Gasteiger partial charge in [-0.15, -0.1) is 0 Å². The van der Waals surface area contributed by atoms with E-state index < -0.39 is 0 Å². The van der Waals surface area contributed by atoms with Crippen molar-refractivity contribution in [3.8, 4) is 5.75 Å². The van der Waals surface area contributed by atoms with Crippen LogP contribution in [0.5, 0.6) is 5.75 Å². The first-order valence-electron chi connectivity index (χ1n) is 7.36. The molecule has 0 spiro atoms. The lowest BCUT2D eigenvalue weighted by atomic mass is 10.1.